The number of Topliss-reactive ketones (excluding diaryl/α,β-unsaturated/α-hetero) is 1. The second-order valence-corrected chi connectivity index (χ2v) is 8.92. The molecular formula is C16H16N2O5S2. The molecule has 25 heavy (non-hydrogen) atoms. The summed E-state index contributed by atoms with van der Waals surface area (Å²) in [6.45, 7) is 3.67. The van der Waals surface area contributed by atoms with Crippen molar-refractivity contribution in [2.45, 2.75) is 9.79 Å². The van der Waals surface area contributed by atoms with Gasteiger partial charge in [0.2, 0.25) is 10.0 Å². The molecule has 132 valence electrons. The number of allylic oxidation sites excluding steroid dienone is 1. The molecular weight excluding hydrogens is 364 g/mol. The monoisotopic (exact) mass is 380 g/mol. The molecule has 4 N–H and O–H groups in total. The molecule has 0 unspecified atom stereocenters. The van der Waals surface area contributed by atoms with Gasteiger partial charge in [-0.05, 0) is 29.8 Å². The summed E-state index contributed by atoms with van der Waals surface area (Å²) in [5.41, 5.74) is 5.74. The van der Waals surface area contributed by atoms with E-state index in [1.54, 1.807) is 0 Å². The Morgan fingerprint density at radius 1 is 1.00 bits per heavy atom. The number of hydrogen-bond donors (Lipinski definition) is 2. The van der Waals surface area contributed by atoms with Crippen molar-refractivity contribution in [3.8, 4) is 0 Å². The first kappa shape index (κ1) is 18.8. The number of sulfone groups is 1. The summed E-state index contributed by atoms with van der Waals surface area (Å²) >= 11 is 0. The number of hydrogen-bond acceptors (Lipinski definition) is 6. The molecule has 9 heteroatoms. The minimum Gasteiger partial charge on any atom is -0.398 e. The Balaban J connectivity index is 2.51. The van der Waals surface area contributed by atoms with Gasteiger partial charge in [-0.3, -0.25) is 4.79 Å². The molecule has 0 heterocycles. The van der Waals surface area contributed by atoms with Crippen LogP contribution in [0.3, 0.4) is 0 Å². The molecule has 0 aromatic heterocycles. The fourth-order valence-corrected chi connectivity index (χ4v) is 3.61. The summed E-state index contributed by atoms with van der Waals surface area (Å²) in [7, 11) is -7.54. The standard InChI is InChI=1S/C16H16N2O5S2/c1-10(11-6-8-12(9-7-11)24(2,20)21)16(19)15-13(17)4-3-5-14(15)25(18,22)23/h3-9H,1,17H2,2H3,(H2,18,22,23). The van der Waals surface area contributed by atoms with Gasteiger partial charge >= 0.3 is 0 Å². The van der Waals surface area contributed by atoms with E-state index in [-0.39, 0.29) is 21.7 Å². The number of benzene rings is 2. The van der Waals surface area contributed by atoms with Gasteiger partial charge < -0.3 is 5.73 Å². The second kappa shape index (κ2) is 6.43. The molecule has 0 bridgehead atoms. The first-order valence-corrected chi connectivity index (χ1v) is 10.3. The molecule has 2 aromatic carbocycles. The van der Waals surface area contributed by atoms with Crippen LogP contribution >= 0.6 is 0 Å². The number of rotatable bonds is 5. The number of carbonyl (C=O) groups is 1. The quantitative estimate of drug-likeness (QED) is 0.454. The SMILES string of the molecule is C=C(C(=O)c1c(N)cccc1S(N)(=O)=O)c1ccc(S(C)(=O)=O)cc1. The zero-order valence-electron chi connectivity index (χ0n) is 13.3. The van der Waals surface area contributed by atoms with Crippen molar-refractivity contribution in [1.29, 1.82) is 0 Å². The Labute approximate surface area is 145 Å². The maximum Gasteiger partial charge on any atom is 0.238 e. The number of carbonyl (C=O) groups excluding carboxylic acids is 1. The highest BCUT2D eigenvalue weighted by molar-refractivity contribution is 7.90. The third kappa shape index (κ3) is 3.95. The first-order valence-electron chi connectivity index (χ1n) is 6.88. The van der Waals surface area contributed by atoms with E-state index in [9.17, 15) is 21.6 Å². The van der Waals surface area contributed by atoms with Gasteiger partial charge in [0.25, 0.3) is 0 Å². The van der Waals surface area contributed by atoms with Crippen LogP contribution in [0.2, 0.25) is 0 Å². The van der Waals surface area contributed by atoms with Crippen molar-refractivity contribution in [3.05, 3.63) is 60.2 Å². The number of primary sulfonamides is 1. The smallest absolute Gasteiger partial charge is 0.238 e. The Morgan fingerprint density at radius 3 is 2.04 bits per heavy atom. The van der Waals surface area contributed by atoms with Gasteiger partial charge in [0.1, 0.15) is 0 Å². The van der Waals surface area contributed by atoms with Crippen LogP contribution in [0.25, 0.3) is 5.57 Å². The van der Waals surface area contributed by atoms with Crippen LogP contribution in [0.1, 0.15) is 15.9 Å². The minimum absolute atomic E-state index is 0.0390. The fraction of sp³-hybridized carbons (Fsp3) is 0.0625. The van der Waals surface area contributed by atoms with E-state index in [0.29, 0.717) is 5.56 Å². The lowest BCUT2D eigenvalue weighted by Gasteiger charge is -2.12. The lowest BCUT2D eigenvalue weighted by atomic mass is 9.97. The van der Waals surface area contributed by atoms with E-state index in [1.165, 1.54) is 42.5 Å². The van der Waals surface area contributed by atoms with Crippen molar-refractivity contribution in [2.24, 2.45) is 5.14 Å². The zero-order valence-corrected chi connectivity index (χ0v) is 14.9. The number of ketones is 1. The number of sulfonamides is 1. The van der Waals surface area contributed by atoms with Crippen LogP contribution in [0.5, 0.6) is 0 Å². The van der Waals surface area contributed by atoms with Crippen molar-refractivity contribution in [1.82, 2.24) is 0 Å². The summed E-state index contributed by atoms with van der Waals surface area (Å²) in [4.78, 5) is 12.4. The van der Waals surface area contributed by atoms with Crippen LogP contribution in [0.15, 0.2) is 58.8 Å². The predicted octanol–water partition coefficient (Wildman–Crippen LogP) is 1.22. The van der Waals surface area contributed by atoms with Crippen LogP contribution in [-0.4, -0.2) is 28.9 Å². The summed E-state index contributed by atoms with van der Waals surface area (Å²) in [5, 5.41) is 5.14. The molecule has 0 amide bonds. The molecule has 0 aliphatic rings. The van der Waals surface area contributed by atoms with Crippen LogP contribution in [0.4, 0.5) is 5.69 Å². The van der Waals surface area contributed by atoms with Crippen molar-refractivity contribution in [3.63, 3.8) is 0 Å². The van der Waals surface area contributed by atoms with Crippen molar-refractivity contribution < 1.29 is 21.6 Å². The van der Waals surface area contributed by atoms with Gasteiger partial charge in [-0.25, -0.2) is 22.0 Å². The topological polar surface area (TPSA) is 137 Å². The van der Waals surface area contributed by atoms with E-state index in [0.717, 1.165) is 6.26 Å². The van der Waals surface area contributed by atoms with E-state index < -0.39 is 30.5 Å². The maximum atomic E-state index is 12.7. The minimum atomic E-state index is -4.16. The Kier molecular flexibility index (Phi) is 4.85. The first-order chi connectivity index (χ1) is 11.4. The molecule has 0 aliphatic carbocycles. The Bertz CT molecular complexity index is 1070. The lowest BCUT2D eigenvalue weighted by molar-refractivity contribution is 0.105. The molecule has 0 saturated heterocycles. The van der Waals surface area contributed by atoms with Gasteiger partial charge in [-0.15, -0.1) is 0 Å². The van der Waals surface area contributed by atoms with Crippen LogP contribution in [0, 0.1) is 0 Å². The lowest BCUT2D eigenvalue weighted by Crippen LogP contribution is -2.18. The molecule has 0 saturated carbocycles. The number of anilines is 1. The highest BCUT2D eigenvalue weighted by Crippen LogP contribution is 2.27. The molecule has 0 fully saturated rings. The predicted molar refractivity (Wildman–Crippen MR) is 95.1 cm³/mol. The molecule has 0 atom stereocenters. The van der Waals surface area contributed by atoms with Crippen LogP contribution in [-0.2, 0) is 19.9 Å². The van der Waals surface area contributed by atoms with Crippen LogP contribution < -0.4 is 10.9 Å². The molecule has 0 radical (unpaired) electrons. The highest BCUT2D eigenvalue weighted by atomic mass is 32.2. The molecule has 0 spiro atoms. The third-order valence-electron chi connectivity index (χ3n) is 3.50. The summed E-state index contributed by atoms with van der Waals surface area (Å²) in [6, 6.07) is 9.41. The van der Waals surface area contributed by atoms with E-state index in [4.69, 9.17) is 10.9 Å². The zero-order chi connectivity index (χ0) is 19.0. The second-order valence-electron chi connectivity index (χ2n) is 5.37. The van der Waals surface area contributed by atoms with Gasteiger partial charge in [-0.1, -0.05) is 24.8 Å². The van der Waals surface area contributed by atoms with Gasteiger partial charge in [0, 0.05) is 17.5 Å². The normalized spacial score (nSPS) is 11.9. The molecule has 0 aliphatic heterocycles. The average Bonchev–Trinajstić information content (AvgIpc) is 2.51. The molecule has 7 nitrogen and oxygen atoms in total. The summed E-state index contributed by atoms with van der Waals surface area (Å²) in [5.74, 6) is -0.714. The fourth-order valence-electron chi connectivity index (χ4n) is 2.21. The maximum absolute atomic E-state index is 12.7. The van der Waals surface area contributed by atoms with E-state index in [1.807, 2.05) is 0 Å². The highest BCUT2D eigenvalue weighted by Gasteiger charge is 2.24. The van der Waals surface area contributed by atoms with E-state index in [2.05, 4.69) is 6.58 Å². The summed E-state index contributed by atoms with van der Waals surface area (Å²) in [6.07, 6.45) is 1.06. The third-order valence-corrected chi connectivity index (χ3v) is 5.58. The summed E-state index contributed by atoms with van der Waals surface area (Å²) < 4.78 is 46.4. The van der Waals surface area contributed by atoms with E-state index >= 15 is 0 Å². The Hall–Kier alpha value is -2.49. The van der Waals surface area contributed by atoms with Gasteiger partial charge in [-0.2, -0.15) is 0 Å². The van der Waals surface area contributed by atoms with Crippen molar-refractivity contribution in [2.75, 3.05) is 12.0 Å². The van der Waals surface area contributed by atoms with Crippen molar-refractivity contribution >= 4 is 36.9 Å². The number of nitrogen functional groups attached to an aromatic ring is 1. The Morgan fingerprint density at radius 2 is 1.56 bits per heavy atom. The van der Waals surface area contributed by atoms with Gasteiger partial charge in [0.15, 0.2) is 15.6 Å². The average molecular weight is 380 g/mol. The molecule has 2 rings (SSSR count). The largest absolute Gasteiger partial charge is 0.398 e. The van der Waals surface area contributed by atoms with Gasteiger partial charge in [0.05, 0.1) is 15.4 Å². The number of nitrogens with two attached hydrogens (primary N) is 2. The molecule has 2 aromatic rings.